The lowest BCUT2D eigenvalue weighted by Gasteiger charge is -2.35. The molecule has 0 radical (unpaired) electrons. The van der Waals surface area contributed by atoms with Crippen LogP contribution in [0.5, 0.6) is 0 Å². The third kappa shape index (κ3) is 3.60. The van der Waals surface area contributed by atoms with E-state index < -0.39 is 0 Å². The molecule has 2 fully saturated rings. The number of nitrogens with one attached hydrogen (secondary N) is 2. The molecule has 2 rings (SSSR count). The first-order valence-electron chi connectivity index (χ1n) is 7.62. The molecule has 0 spiro atoms. The Balaban J connectivity index is 1.99. The minimum atomic E-state index is -0.161. The zero-order chi connectivity index (χ0) is 14.4. The molecule has 2 aliphatic rings. The number of carbonyl (C=O) groups is 2. The molecule has 0 aromatic heterocycles. The summed E-state index contributed by atoms with van der Waals surface area (Å²) in [5, 5.41) is 6.10. The van der Waals surface area contributed by atoms with Gasteiger partial charge in [-0.3, -0.25) is 9.59 Å². The number of rotatable bonds is 4. The van der Waals surface area contributed by atoms with Crippen molar-refractivity contribution in [3.05, 3.63) is 12.7 Å². The van der Waals surface area contributed by atoms with Crippen molar-refractivity contribution >= 4 is 11.8 Å². The third-order valence-electron chi connectivity index (χ3n) is 4.27. The second-order valence-electron chi connectivity index (χ2n) is 5.61. The smallest absolute Gasteiger partial charge is 0.226 e. The van der Waals surface area contributed by atoms with Gasteiger partial charge in [0, 0.05) is 44.6 Å². The first-order valence-corrected chi connectivity index (χ1v) is 7.62. The van der Waals surface area contributed by atoms with E-state index in [1.54, 1.807) is 6.08 Å². The fourth-order valence-electron chi connectivity index (χ4n) is 3.16. The molecule has 1 saturated heterocycles. The SMILES string of the molecule is C=CCNC(=O)C1CCCCC1C(=O)N1CCNCC1. The predicted molar refractivity (Wildman–Crippen MR) is 78.1 cm³/mol. The number of carbonyl (C=O) groups excluding carboxylic acids is 2. The predicted octanol–water partition coefficient (Wildman–Crippen LogP) is 0.527. The molecule has 2 N–H and O–H groups in total. The maximum absolute atomic E-state index is 12.6. The molecule has 1 saturated carbocycles. The van der Waals surface area contributed by atoms with Crippen LogP contribution in [-0.2, 0) is 9.59 Å². The van der Waals surface area contributed by atoms with Gasteiger partial charge in [0.1, 0.15) is 0 Å². The molecule has 1 aliphatic heterocycles. The van der Waals surface area contributed by atoms with Crippen molar-refractivity contribution in [1.29, 1.82) is 0 Å². The number of piperazine rings is 1. The summed E-state index contributed by atoms with van der Waals surface area (Å²) in [7, 11) is 0. The van der Waals surface area contributed by atoms with Gasteiger partial charge in [0.05, 0.1) is 0 Å². The van der Waals surface area contributed by atoms with E-state index >= 15 is 0 Å². The van der Waals surface area contributed by atoms with Crippen molar-refractivity contribution in [2.75, 3.05) is 32.7 Å². The zero-order valence-electron chi connectivity index (χ0n) is 12.1. The van der Waals surface area contributed by atoms with E-state index in [4.69, 9.17) is 0 Å². The molecule has 2 atom stereocenters. The lowest BCUT2D eigenvalue weighted by atomic mass is 9.77. The van der Waals surface area contributed by atoms with Gasteiger partial charge < -0.3 is 15.5 Å². The molecule has 20 heavy (non-hydrogen) atoms. The molecule has 0 aromatic carbocycles. The summed E-state index contributed by atoms with van der Waals surface area (Å²) in [5.74, 6) is -0.110. The van der Waals surface area contributed by atoms with Gasteiger partial charge in [0.15, 0.2) is 0 Å². The van der Waals surface area contributed by atoms with E-state index in [1.807, 2.05) is 4.90 Å². The molecule has 5 heteroatoms. The Kier molecular flexibility index (Phi) is 5.59. The first-order chi connectivity index (χ1) is 9.74. The fraction of sp³-hybridized carbons (Fsp3) is 0.733. The normalized spacial score (nSPS) is 26.9. The Morgan fingerprint density at radius 1 is 1.20 bits per heavy atom. The van der Waals surface area contributed by atoms with Gasteiger partial charge >= 0.3 is 0 Å². The van der Waals surface area contributed by atoms with E-state index in [2.05, 4.69) is 17.2 Å². The molecule has 1 aliphatic carbocycles. The highest BCUT2D eigenvalue weighted by Crippen LogP contribution is 2.31. The van der Waals surface area contributed by atoms with Crippen LogP contribution in [0.4, 0.5) is 0 Å². The molecule has 5 nitrogen and oxygen atoms in total. The highest BCUT2D eigenvalue weighted by atomic mass is 16.2. The van der Waals surface area contributed by atoms with E-state index in [9.17, 15) is 9.59 Å². The average molecular weight is 279 g/mol. The molecule has 2 unspecified atom stereocenters. The minimum Gasteiger partial charge on any atom is -0.352 e. The van der Waals surface area contributed by atoms with Crippen molar-refractivity contribution in [3.8, 4) is 0 Å². The van der Waals surface area contributed by atoms with Gasteiger partial charge in [-0.25, -0.2) is 0 Å². The maximum atomic E-state index is 12.6. The highest BCUT2D eigenvalue weighted by molar-refractivity contribution is 5.88. The molecule has 112 valence electrons. The summed E-state index contributed by atoms with van der Waals surface area (Å²) in [4.78, 5) is 26.8. The van der Waals surface area contributed by atoms with Crippen LogP contribution in [0.15, 0.2) is 12.7 Å². The van der Waals surface area contributed by atoms with E-state index in [0.717, 1.165) is 51.9 Å². The topological polar surface area (TPSA) is 61.4 Å². The van der Waals surface area contributed by atoms with Crippen LogP contribution in [0.1, 0.15) is 25.7 Å². The summed E-state index contributed by atoms with van der Waals surface area (Å²) in [6.45, 7) is 7.31. The molecule has 0 aromatic rings. The fourth-order valence-corrected chi connectivity index (χ4v) is 3.16. The Labute approximate surface area is 120 Å². The van der Waals surface area contributed by atoms with E-state index in [1.165, 1.54) is 0 Å². The molecular weight excluding hydrogens is 254 g/mol. The molecule has 0 bridgehead atoms. The molecule has 2 amide bonds. The summed E-state index contributed by atoms with van der Waals surface area (Å²) in [6, 6.07) is 0. The van der Waals surface area contributed by atoms with Gasteiger partial charge in [-0.05, 0) is 12.8 Å². The van der Waals surface area contributed by atoms with E-state index in [0.29, 0.717) is 6.54 Å². The standard InChI is InChI=1S/C15H25N3O2/c1-2-7-17-14(19)12-5-3-4-6-13(12)15(20)18-10-8-16-9-11-18/h2,12-13,16H,1,3-11H2,(H,17,19). The lowest BCUT2D eigenvalue weighted by molar-refractivity contribution is -0.144. The average Bonchev–Trinajstić information content (AvgIpc) is 2.52. The highest BCUT2D eigenvalue weighted by Gasteiger charge is 2.37. The van der Waals surface area contributed by atoms with Crippen molar-refractivity contribution in [2.45, 2.75) is 25.7 Å². The number of hydrogen-bond donors (Lipinski definition) is 2. The number of nitrogens with zero attached hydrogens (tertiary/aromatic N) is 1. The van der Waals surface area contributed by atoms with E-state index in [-0.39, 0.29) is 23.7 Å². The van der Waals surface area contributed by atoms with Crippen LogP contribution in [0, 0.1) is 11.8 Å². The summed E-state index contributed by atoms with van der Waals surface area (Å²) >= 11 is 0. The molecular formula is C15H25N3O2. The Morgan fingerprint density at radius 3 is 2.50 bits per heavy atom. The van der Waals surface area contributed by atoms with Gasteiger partial charge in [0.2, 0.25) is 11.8 Å². The quantitative estimate of drug-likeness (QED) is 0.738. The van der Waals surface area contributed by atoms with Gasteiger partial charge in [-0.1, -0.05) is 18.9 Å². The van der Waals surface area contributed by atoms with Gasteiger partial charge in [-0.15, -0.1) is 6.58 Å². The zero-order valence-corrected chi connectivity index (χ0v) is 12.1. The Bertz CT molecular complexity index is 364. The lowest BCUT2D eigenvalue weighted by Crippen LogP contribution is -2.51. The molecule has 1 heterocycles. The van der Waals surface area contributed by atoms with Gasteiger partial charge in [0.25, 0.3) is 0 Å². The summed E-state index contributed by atoms with van der Waals surface area (Å²) < 4.78 is 0. The summed E-state index contributed by atoms with van der Waals surface area (Å²) in [6.07, 6.45) is 5.43. The number of hydrogen-bond acceptors (Lipinski definition) is 3. The van der Waals surface area contributed by atoms with Crippen LogP contribution in [0.25, 0.3) is 0 Å². The monoisotopic (exact) mass is 279 g/mol. The number of amides is 2. The Morgan fingerprint density at radius 2 is 1.85 bits per heavy atom. The van der Waals surface area contributed by atoms with Crippen LogP contribution in [-0.4, -0.2) is 49.4 Å². The van der Waals surface area contributed by atoms with Crippen LogP contribution >= 0.6 is 0 Å². The van der Waals surface area contributed by atoms with Crippen LogP contribution in [0.3, 0.4) is 0 Å². The largest absolute Gasteiger partial charge is 0.352 e. The van der Waals surface area contributed by atoms with Crippen molar-refractivity contribution in [3.63, 3.8) is 0 Å². The van der Waals surface area contributed by atoms with Crippen LogP contribution in [0.2, 0.25) is 0 Å². The van der Waals surface area contributed by atoms with Crippen molar-refractivity contribution < 1.29 is 9.59 Å². The van der Waals surface area contributed by atoms with Gasteiger partial charge in [-0.2, -0.15) is 0 Å². The second-order valence-corrected chi connectivity index (χ2v) is 5.61. The first kappa shape index (κ1) is 15.0. The second kappa shape index (κ2) is 7.43. The summed E-state index contributed by atoms with van der Waals surface area (Å²) in [5.41, 5.74) is 0. The van der Waals surface area contributed by atoms with Crippen LogP contribution < -0.4 is 10.6 Å². The van der Waals surface area contributed by atoms with Crippen molar-refractivity contribution in [2.24, 2.45) is 11.8 Å². The minimum absolute atomic E-state index is 0.0121. The Hall–Kier alpha value is -1.36. The maximum Gasteiger partial charge on any atom is 0.226 e. The third-order valence-corrected chi connectivity index (χ3v) is 4.27. The van der Waals surface area contributed by atoms with Crippen molar-refractivity contribution in [1.82, 2.24) is 15.5 Å².